The quantitative estimate of drug-likeness (QED) is 0.672. The molecule has 0 saturated heterocycles. The summed E-state index contributed by atoms with van der Waals surface area (Å²) in [6.07, 6.45) is 0. The summed E-state index contributed by atoms with van der Waals surface area (Å²) in [7, 11) is 0. The monoisotopic (exact) mass is 331 g/mol. The van der Waals surface area contributed by atoms with E-state index >= 15 is 0 Å². The first-order valence-electron chi connectivity index (χ1n) is 6.84. The number of nitrogens with two attached hydrogens (primary N) is 1. The van der Waals surface area contributed by atoms with E-state index in [1.165, 1.54) is 0 Å². The molecule has 23 heavy (non-hydrogen) atoms. The van der Waals surface area contributed by atoms with Crippen molar-refractivity contribution in [2.24, 2.45) is 0 Å². The van der Waals surface area contributed by atoms with E-state index in [2.05, 4.69) is 4.37 Å². The number of carbonyl (C=O) groups excluding carboxylic acids is 3. The number of nitrogen functional groups attached to an aromatic ring is 1. The van der Waals surface area contributed by atoms with Gasteiger partial charge in [0.2, 0.25) is 0 Å². The van der Waals surface area contributed by atoms with Crippen LogP contribution in [0.1, 0.15) is 36.8 Å². The second kappa shape index (κ2) is 5.81. The molecule has 2 amide bonds. The van der Waals surface area contributed by atoms with Crippen molar-refractivity contribution in [2.75, 3.05) is 18.9 Å². The zero-order valence-electron chi connectivity index (χ0n) is 12.2. The average Bonchev–Trinajstić information content (AvgIpc) is 2.99. The number of imide groups is 1. The minimum atomic E-state index is -0.606. The molecule has 2 N–H and O–H groups in total. The molecule has 0 aliphatic carbocycles. The van der Waals surface area contributed by atoms with Crippen molar-refractivity contribution in [1.82, 2.24) is 9.27 Å². The van der Waals surface area contributed by atoms with Crippen LogP contribution in [0, 0.1) is 6.92 Å². The van der Waals surface area contributed by atoms with Gasteiger partial charge >= 0.3 is 5.97 Å². The largest absolute Gasteiger partial charge is 0.460 e. The number of fused-ring (bicyclic) bond motifs is 1. The Morgan fingerprint density at radius 1 is 1.26 bits per heavy atom. The molecule has 118 valence electrons. The van der Waals surface area contributed by atoms with Gasteiger partial charge in [-0.3, -0.25) is 14.5 Å². The van der Waals surface area contributed by atoms with Crippen molar-refractivity contribution >= 4 is 34.3 Å². The lowest BCUT2D eigenvalue weighted by molar-refractivity contribution is 0.0421. The molecular weight excluding hydrogens is 318 g/mol. The molecule has 0 radical (unpaired) electrons. The number of nitrogens with zero attached hydrogens (tertiary/aromatic N) is 2. The third-order valence-corrected chi connectivity index (χ3v) is 4.29. The van der Waals surface area contributed by atoms with Crippen molar-refractivity contribution in [3.63, 3.8) is 0 Å². The van der Waals surface area contributed by atoms with Crippen LogP contribution >= 0.6 is 11.5 Å². The molecule has 0 saturated carbocycles. The topological polar surface area (TPSA) is 103 Å². The number of aryl methyl sites for hydroxylation is 1. The van der Waals surface area contributed by atoms with Crippen LogP contribution in [0.3, 0.4) is 0 Å². The molecule has 1 aliphatic heterocycles. The minimum absolute atomic E-state index is 0.00535. The molecule has 0 unspecified atom stereocenters. The Hall–Kier alpha value is -2.74. The molecule has 0 fully saturated rings. The van der Waals surface area contributed by atoms with E-state index in [9.17, 15) is 14.4 Å². The fourth-order valence-corrected chi connectivity index (χ4v) is 3.03. The van der Waals surface area contributed by atoms with E-state index in [4.69, 9.17) is 10.5 Å². The molecule has 0 bridgehead atoms. The van der Waals surface area contributed by atoms with Crippen LogP contribution in [0.15, 0.2) is 24.3 Å². The van der Waals surface area contributed by atoms with Gasteiger partial charge in [-0.15, -0.1) is 0 Å². The van der Waals surface area contributed by atoms with Crippen LogP contribution in [-0.4, -0.2) is 40.2 Å². The lowest BCUT2D eigenvalue weighted by Gasteiger charge is -2.13. The summed E-state index contributed by atoms with van der Waals surface area (Å²) in [5, 5.41) is 0.285. The molecule has 0 atom stereocenters. The predicted molar refractivity (Wildman–Crippen MR) is 83.4 cm³/mol. The number of ether oxygens (including phenoxy) is 1. The fourth-order valence-electron chi connectivity index (χ4n) is 2.38. The number of aromatic nitrogens is 1. The average molecular weight is 331 g/mol. The number of esters is 1. The van der Waals surface area contributed by atoms with Crippen LogP contribution in [0.2, 0.25) is 0 Å². The smallest absolute Gasteiger partial charge is 0.343 e. The van der Waals surface area contributed by atoms with E-state index < -0.39 is 5.97 Å². The third kappa shape index (κ3) is 2.57. The summed E-state index contributed by atoms with van der Waals surface area (Å²) in [5.41, 5.74) is 7.14. The Labute approximate surface area is 135 Å². The highest BCUT2D eigenvalue weighted by molar-refractivity contribution is 7.10. The minimum Gasteiger partial charge on any atom is -0.460 e. The van der Waals surface area contributed by atoms with Crippen molar-refractivity contribution < 1.29 is 19.1 Å². The van der Waals surface area contributed by atoms with Gasteiger partial charge in [0.05, 0.1) is 23.4 Å². The second-order valence-corrected chi connectivity index (χ2v) is 5.76. The first-order chi connectivity index (χ1) is 11.0. The van der Waals surface area contributed by atoms with Gasteiger partial charge in [-0.1, -0.05) is 12.1 Å². The van der Waals surface area contributed by atoms with E-state index in [-0.39, 0.29) is 35.5 Å². The summed E-state index contributed by atoms with van der Waals surface area (Å²) < 4.78 is 9.08. The van der Waals surface area contributed by atoms with E-state index in [1.54, 1.807) is 31.2 Å². The SMILES string of the molecule is Cc1nsc(N)c1C(=O)OCCN1C(=O)c2ccccc2C1=O. The molecule has 2 aromatic rings. The molecule has 2 heterocycles. The summed E-state index contributed by atoms with van der Waals surface area (Å²) in [4.78, 5) is 37.4. The van der Waals surface area contributed by atoms with Crippen LogP contribution in [0.25, 0.3) is 0 Å². The number of carbonyl (C=O) groups is 3. The zero-order valence-corrected chi connectivity index (χ0v) is 13.1. The first-order valence-corrected chi connectivity index (χ1v) is 7.62. The number of hydrogen-bond acceptors (Lipinski definition) is 7. The zero-order chi connectivity index (χ0) is 16.6. The predicted octanol–water partition coefficient (Wildman–Crippen LogP) is 1.49. The number of rotatable bonds is 4. The molecule has 1 aromatic carbocycles. The van der Waals surface area contributed by atoms with Gasteiger partial charge in [0, 0.05) is 0 Å². The second-order valence-electron chi connectivity index (χ2n) is 4.95. The lowest BCUT2D eigenvalue weighted by Crippen LogP contribution is -2.33. The van der Waals surface area contributed by atoms with Gasteiger partial charge in [-0.2, -0.15) is 4.37 Å². The van der Waals surface area contributed by atoms with Crippen LogP contribution in [0.5, 0.6) is 0 Å². The molecule has 1 aliphatic rings. The van der Waals surface area contributed by atoms with Gasteiger partial charge in [0.1, 0.15) is 17.2 Å². The first kappa shape index (κ1) is 15.2. The summed E-state index contributed by atoms with van der Waals surface area (Å²) in [5.74, 6) is -1.37. The van der Waals surface area contributed by atoms with E-state index in [1.807, 2.05) is 0 Å². The maximum absolute atomic E-state index is 12.2. The van der Waals surface area contributed by atoms with Crippen molar-refractivity contribution in [3.05, 3.63) is 46.6 Å². The van der Waals surface area contributed by atoms with Gasteiger partial charge in [-0.05, 0) is 30.6 Å². The molecule has 8 heteroatoms. The maximum Gasteiger partial charge on any atom is 0.343 e. The van der Waals surface area contributed by atoms with Crippen molar-refractivity contribution in [3.8, 4) is 0 Å². The highest BCUT2D eigenvalue weighted by atomic mass is 32.1. The highest BCUT2D eigenvalue weighted by Gasteiger charge is 2.34. The van der Waals surface area contributed by atoms with Gasteiger partial charge < -0.3 is 10.5 Å². The van der Waals surface area contributed by atoms with Gasteiger partial charge in [0.25, 0.3) is 11.8 Å². The molecule has 7 nitrogen and oxygen atoms in total. The van der Waals surface area contributed by atoms with Crippen LogP contribution in [-0.2, 0) is 4.74 Å². The van der Waals surface area contributed by atoms with Crippen LogP contribution < -0.4 is 5.73 Å². The molecule has 0 spiro atoms. The van der Waals surface area contributed by atoms with E-state index in [0.29, 0.717) is 16.8 Å². The Balaban J connectivity index is 1.63. The Kier molecular flexibility index (Phi) is 3.83. The number of anilines is 1. The fraction of sp³-hybridized carbons (Fsp3) is 0.200. The lowest BCUT2D eigenvalue weighted by atomic mass is 10.1. The van der Waals surface area contributed by atoms with Crippen molar-refractivity contribution in [1.29, 1.82) is 0 Å². The molecular formula is C15H13N3O4S. The van der Waals surface area contributed by atoms with Gasteiger partial charge in [0.15, 0.2) is 0 Å². The van der Waals surface area contributed by atoms with Crippen LogP contribution in [0.4, 0.5) is 5.00 Å². The number of hydrogen-bond donors (Lipinski definition) is 1. The summed E-state index contributed by atoms with van der Waals surface area (Å²) >= 11 is 1.02. The number of amides is 2. The Bertz CT molecular complexity index is 760. The van der Waals surface area contributed by atoms with Gasteiger partial charge in [-0.25, -0.2) is 4.79 Å². The normalized spacial score (nSPS) is 13.3. The third-order valence-electron chi connectivity index (χ3n) is 3.52. The number of benzene rings is 1. The summed E-state index contributed by atoms with van der Waals surface area (Å²) in [6.45, 7) is 1.56. The maximum atomic E-state index is 12.2. The summed E-state index contributed by atoms with van der Waals surface area (Å²) in [6, 6.07) is 6.59. The standard InChI is InChI=1S/C15H13N3O4S/c1-8-11(12(16)23-17-8)15(21)22-7-6-18-13(19)9-4-2-3-5-10(9)14(18)20/h2-5H,6-7,16H2,1H3. The Morgan fingerprint density at radius 2 is 1.87 bits per heavy atom. The van der Waals surface area contributed by atoms with E-state index in [0.717, 1.165) is 16.4 Å². The van der Waals surface area contributed by atoms with Crippen molar-refractivity contribution in [2.45, 2.75) is 6.92 Å². The molecule has 3 rings (SSSR count). The molecule has 1 aromatic heterocycles. The highest BCUT2D eigenvalue weighted by Crippen LogP contribution is 2.23. The Morgan fingerprint density at radius 3 is 2.39 bits per heavy atom.